The molecule has 3 aromatic rings. The third kappa shape index (κ3) is 4.77. The normalized spacial score (nSPS) is 10.7. The second-order valence-electron chi connectivity index (χ2n) is 6.39. The van der Waals surface area contributed by atoms with E-state index in [1.807, 2.05) is 29.6 Å². The number of aryl methyl sites for hydroxylation is 1. The number of nitrogens with zero attached hydrogens (tertiary/aromatic N) is 4. The lowest BCUT2D eigenvalue weighted by Crippen LogP contribution is -2.20. The second kappa shape index (κ2) is 8.82. The molecule has 0 radical (unpaired) electrons. The Kier molecular flexibility index (Phi) is 6.23. The van der Waals surface area contributed by atoms with Gasteiger partial charge in [-0.25, -0.2) is 4.98 Å². The number of anilines is 1. The van der Waals surface area contributed by atoms with Crippen LogP contribution in [0.5, 0.6) is 5.75 Å². The molecule has 0 bridgehead atoms. The Bertz CT molecular complexity index is 1030. The zero-order chi connectivity index (χ0) is 21.0. The van der Waals surface area contributed by atoms with Crippen LogP contribution in [-0.4, -0.2) is 32.2 Å². The summed E-state index contributed by atoms with van der Waals surface area (Å²) in [6.45, 7) is 5.71. The molecule has 3 rings (SSSR count). The molecule has 2 heterocycles. The van der Waals surface area contributed by atoms with Crippen molar-refractivity contribution in [2.75, 3.05) is 11.9 Å². The van der Waals surface area contributed by atoms with Gasteiger partial charge >= 0.3 is 5.69 Å². The monoisotopic (exact) mass is 415 g/mol. The molecule has 1 N–H and O–H groups in total. The largest absolute Gasteiger partial charge is 0.494 e. The molecule has 1 amide bonds. The van der Waals surface area contributed by atoms with Crippen molar-refractivity contribution in [1.29, 1.82) is 0 Å². The Morgan fingerprint density at radius 2 is 2.03 bits per heavy atom. The van der Waals surface area contributed by atoms with E-state index in [-0.39, 0.29) is 23.8 Å². The van der Waals surface area contributed by atoms with Crippen LogP contribution < -0.4 is 10.1 Å². The number of benzene rings is 1. The minimum Gasteiger partial charge on any atom is -0.494 e. The lowest BCUT2D eigenvalue weighted by molar-refractivity contribution is -0.386. The zero-order valence-corrected chi connectivity index (χ0v) is 17.2. The predicted molar refractivity (Wildman–Crippen MR) is 110 cm³/mol. The van der Waals surface area contributed by atoms with E-state index in [0.717, 1.165) is 23.4 Å². The van der Waals surface area contributed by atoms with E-state index in [0.29, 0.717) is 17.4 Å². The molecule has 0 aliphatic rings. The number of ether oxygens (including phenoxy) is 1. The molecule has 152 valence electrons. The highest BCUT2D eigenvalue weighted by atomic mass is 32.1. The van der Waals surface area contributed by atoms with Crippen LogP contribution in [0.1, 0.15) is 24.7 Å². The van der Waals surface area contributed by atoms with Gasteiger partial charge in [0.25, 0.3) is 0 Å². The van der Waals surface area contributed by atoms with E-state index in [1.165, 1.54) is 16.0 Å². The van der Waals surface area contributed by atoms with Gasteiger partial charge < -0.3 is 10.1 Å². The van der Waals surface area contributed by atoms with Crippen molar-refractivity contribution in [3.8, 4) is 17.0 Å². The van der Waals surface area contributed by atoms with E-state index in [2.05, 4.69) is 22.3 Å². The molecule has 0 unspecified atom stereocenters. The molecule has 0 spiro atoms. The predicted octanol–water partition coefficient (Wildman–Crippen LogP) is 3.96. The van der Waals surface area contributed by atoms with E-state index in [1.54, 1.807) is 13.8 Å². The third-order valence-electron chi connectivity index (χ3n) is 4.19. The maximum atomic E-state index is 12.3. The minimum atomic E-state index is -0.488. The first-order valence-corrected chi connectivity index (χ1v) is 9.94. The van der Waals surface area contributed by atoms with Crippen LogP contribution in [0, 0.1) is 24.0 Å². The fourth-order valence-corrected chi connectivity index (χ4v) is 3.54. The van der Waals surface area contributed by atoms with E-state index in [4.69, 9.17) is 4.74 Å². The Hall–Kier alpha value is -3.27. The van der Waals surface area contributed by atoms with E-state index >= 15 is 0 Å². The summed E-state index contributed by atoms with van der Waals surface area (Å²) >= 11 is 1.31. The van der Waals surface area contributed by atoms with Gasteiger partial charge in [0.1, 0.15) is 23.7 Å². The summed E-state index contributed by atoms with van der Waals surface area (Å²) in [4.78, 5) is 27.3. The van der Waals surface area contributed by atoms with Crippen molar-refractivity contribution in [3.63, 3.8) is 0 Å². The maximum Gasteiger partial charge on any atom is 0.312 e. The Morgan fingerprint density at radius 3 is 2.66 bits per heavy atom. The molecule has 29 heavy (non-hydrogen) atoms. The van der Waals surface area contributed by atoms with Crippen molar-refractivity contribution in [3.05, 3.63) is 51.1 Å². The van der Waals surface area contributed by atoms with Gasteiger partial charge in [0.15, 0.2) is 5.13 Å². The van der Waals surface area contributed by atoms with E-state index in [9.17, 15) is 14.9 Å². The van der Waals surface area contributed by atoms with Gasteiger partial charge in [0.2, 0.25) is 5.91 Å². The molecular formula is C19H21N5O4S. The van der Waals surface area contributed by atoms with Gasteiger partial charge in [-0.15, -0.1) is 11.3 Å². The number of hydrogen-bond donors (Lipinski definition) is 1. The smallest absolute Gasteiger partial charge is 0.312 e. The van der Waals surface area contributed by atoms with Crippen molar-refractivity contribution in [2.24, 2.45) is 0 Å². The van der Waals surface area contributed by atoms with Crippen molar-refractivity contribution >= 4 is 28.1 Å². The van der Waals surface area contributed by atoms with Gasteiger partial charge in [0, 0.05) is 10.9 Å². The number of carbonyl (C=O) groups is 1. The Morgan fingerprint density at radius 1 is 1.31 bits per heavy atom. The fraction of sp³-hybridized carbons (Fsp3) is 0.316. The number of nitrogens with one attached hydrogen (secondary N) is 1. The number of aromatic nitrogens is 3. The maximum absolute atomic E-state index is 12.3. The van der Waals surface area contributed by atoms with Crippen LogP contribution in [0.15, 0.2) is 29.6 Å². The van der Waals surface area contributed by atoms with E-state index < -0.39 is 4.92 Å². The third-order valence-corrected chi connectivity index (χ3v) is 4.95. The van der Waals surface area contributed by atoms with Crippen LogP contribution in [0.25, 0.3) is 11.3 Å². The van der Waals surface area contributed by atoms with Gasteiger partial charge in [-0.1, -0.05) is 6.92 Å². The van der Waals surface area contributed by atoms with Gasteiger partial charge in [-0.3, -0.25) is 19.6 Å². The topological polar surface area (TPSA) is 112 Å². The highest BCUT2D eigenvalue weighted by molar-refractivity contribution is 7.14. The molecule has 10 heteroatoms. The second-order valence-corrected chi connectivity index (χ2v) is 7.25. The average Bonchev–Trinajstić information content (AvgIpc) is 3.24. The quantitative estimate of drug-likeness (QED) is 0.440. The molecule has 0 fully saturated rings. The highest BCUT2D eigenvalue weighted by Crippen LogP contribution is 2.27. The summed E-state index contributed by atoms with van der Waals surface area (Å²) in [6.07, 6.45) is 0.946. The summed E-state index contributed by atoms with van der Waals surface area (Å²) in [6, 6.07) is 7.61. The SMILES string of the molecule is CCCOc1ccc(-c2csc(NC(=O)Cn3nc(C)c([N+](=O)[O-])c3C)n2)cc1. The number of amides is 1. The number of rotatable bonds is 8. The summed E-state index contributed by atoms with van der Waals surface area (Å²) in [5.74, 6) is 0.452. The first-order chi connectivity index (χ1) is 13.9. The molecule has 0 saturated heterocycles. The first-order valence-electron chi connectivity index (χ1n) is 9.06. The number of thiazole rings is 1. The Balaban J connectivity index is 1.65. The van der Waals surface area contributed by atoms with Crippen LogP contribution >= 0.6 is 11.3 Å². The van der Waals surface area contributed by atoms with Crippen LogP contribution in [0.3, 0.4) is 0 Å². The lowest BCUT2D eigenvalue weighted by Gasteiger charge is -2.05. The van der Waals surface area contributed by atoms with Gasteiger partial charge in [-0.2, -0.15) is 5.10 Å². The van der Waals surface area contributed by atoms with Gasteiger partial charge in [0.05, 0.1) is 17.2 Å². The molecule has 2 aromatic heterocycles. The number of nitro groups is 1. The minimum absolute atomic E-state index is 0.0688. The number of hydrogen-bond acceptors (Lipinski definition) is 7. The zero-order valence-electron chi connectivity index (χ0n) is 16.3. The summed E-state index contributed by atoms with van der Waals surface area (Å²) in [5, 5.41) is 20.2. The van der Waals surface area contributed by atoms with Crippen LogP contribution in [0.4, 0.5) is 10.8 Å². The Labute approximate surface area is 171 Å². The fourth-order valence-electron chi connectivity index (χ4n) is 2.81. The standard InChI is InChI=1S/C19H21N5O4S/c1-4-9-28-15-7-5-14(6-8-15)16-11-29-19(20-16)21-17(25)10-23-13(3)18(24(26)27)12(2)22-23/h5-8,11H,4,9-10H2,1-3H3,(H,20,21,25). The van der Waals surface area contributed by atoms with Crippen molar-refractivity contribution in [1.82, 2.24) is 14.8 Å². The summed E-state index contributed by atoms with van der Waals surface area (Å²) < 4.78 is 6.90. The molecule has 1 aromatic carbocycles. The van der Waals surface area contributed by atoms with Crippen LogP contribution in [-0.2, 0) is 11.3 Å². The first kappa shape index (κ1) is 20.5. The molecule has 0 saturated carbocycles. The van der Waals surface area contributed by atoms with Crippen LogP contribution in [0.2, 0.25) is 0 Å². The average molecular weight is 415 g/mol. The molecule has 0 aliphatic carbocycles. The summed E-state index contributed by atoms with van der Waals surface area (Å²) in [7, 11) is 0. The van der Waals surface area contributed by atoms with Crippen molar-refractivity contribution < 1.29 is 14.5 Å². The van der Waals surface area contributed by atoms with Gasteiger partial charge in [-0.05, 0) is 44.5 Å². The molecular weight excluding hydrogens is 394 g/mol. The summed E-state index contributed by atoms with van der Waals surface area (Å²) in [5.41, 5.74) is 2.21. The molecule has 0 aliphatic heterocycles. The van der Waals surface area contributed by atoms with Crippen molar-refractivity contribution in [2.45, 2.75) is 33.7 Å². The number of carbonyl (C=O) groups excluding carboxylic acids is 1. The molecule has 9 nitrogen and oxygen atoms in total. The lowest BCUT2D eigenvalue weighted by atomic mass is 10.2. The highest BCUT2D eigenvalue weighted by Gasteiger charge is 2.23. The molecule has 0 atom stereocenters.